The Balaban J connectivity index is 0.000000531. The van der Waals surface area contributed by atoms with Crippen molar-refractivity contribution >= 4 is 53.5 Å². The summed E-state index contributed by atoms with van der Waals surface area (Å²) in [5.74, 6) is -0.709. The summed E-state index contributed by atoms with van der Waals surface area (Å²) in [5, 5.41) is 12.8. The molecule has 1 amide bonds. The van der Waals surface area contributed by atoms with Gasteiger partial charge < -0.3 is 4.55 Å². The number of benzene rings is 3. The summed E-state index contributed by atoms with van der Waals surface area (Å²) in [7, 11) is -8.71. The van der Waals surface area contributed by atoms with Crippen LogP contribution in [-0.2, 0) is 27.2 Å². The van der Waals surface area contributed by atoms with E-state index in [0.717, 1.165) is 21.4 Å². The van der Waals surface area contributed by atoms with Gasteiger partial charge in [0.25, 0.3) is 21.6 Å². The van der Waals surface area contributed by atoms with Crippen LogP contribution in [-0.4, -0.2) is 48.6 Å². The van der Waals surface area contributed by atoms with E-state index in [1.165, 1.54) is 18.2 Å². The number of hydrogen-bond donors (Lipinski definition) is 0. The molecular formula is C26H24F3N3O8S2. The number of hydrogen-bond acceptors (Lipinski definition) is 8. The van der Waals surface area contributed by atoms with Crippen molar-refractivity contribution in [3.05, 3.63) is 88.5 Å². The van der Waals surface area contributed by atoms with Crippen LogP contribution in [0.5, 0.6) is 0 Å². The molecule has 0 spiro atoms. The molecule has 0 aliphatic heterocycles. The largest absolute Gasteiger partial charge is 0.741 e. The summed E-state index contributed by atoms with van der Waals surface area (Å²) in [6.07, 6.45) is 1.06. The summed E-state index contributed by atoms with van der Waals surface area (Å²) < 4.78 is 89.1. The van der Waals surface area contributed by atoms with Crippen molar-refractivity contribution < 1.29 is 48.8 Å². The monoisotopic (exact) mass is 627 g/mol. The lowest BCUT2D eigenvalue weighted by molar-refractivity contribution is -0.617. The zero-order chi connectivity index (χ0) is 31.5. The molecule has 0 saturated heterocycles. The fourth-order valence-electron chi connectivity index (χ4n) is 4.16. The highest BCUT2D eigenvalue weighted by atomic mass is 32.2. The van der Waals surface area contributed by atoms with Gasteiger partial charge in [0.15, 0.2) is 15.0 Å². The maximum absolute atomic E-state index is 14.1. The number of nitro groups is 1. The van der Waals surface area contributed by atoms with Crippen LogP contribution in [0.4, 0.5) is 18.9 Å². The van der Waals surface area contributed by atoms with Gasteiger partial charge in [0, 0.05) is 24.7 Å². The zero-order valence-corrected chi connectivity index (χ0v) is 23.7. The molecule has 1 heterocycles. The number of halogens is 3. The molecule has 0 radical (unpaired) electrons. The van der Waals surface area contributed by atoms with Crippen molar-refractivity contribution in [1.82, 2.24) is 4.31 Å². The van der Waals surface area contributed by atoms with Gasteiger partial charge in [0.05, 0.1) is 21.3 Å². The van der Waals surface area contributed by atoms with Crippen LogP contribution in [0.15, 0.2) is 77.7 Å². The molecule has 4 rings (SSSR count). The van der Waals surface area contributed by atoms with Gasteiger partial charge in [-0.15, -0.1) is 0 Å². The first-order chi connectivity index (χ1) is 19.5. The minimum atomic E-state index is -6.09. The highest BCUT2D eigenvalue weighted by Gasteiger charge is 2.38. The predicted octanol–water partition coefficient (Wildman–Crippen LogP) is 4.41. The first-order valence-electron chi connectivity index (χ1n) is 12.2. The maximum Gasteiger partial charge on any atom is 0.485 e. The first kappa shape index (κ1) is 32.4. The Morgan fingerprint density at radius 3 is 1.81 bits per heavy atom. The molecule has 0 aliphatic carbocycles. The van der Waals surface area contributed by atoms with E-state index in [4.69, 9.17) is 13.0 Å². The predicted molar refractivity (Wildman–Crippen MR) is 145 cm³/mol. The van der Waals surface area contributed by atoms with Gasteiger partial charge in [0.1, 0.15) is 7.05 Å². The smallest absolute Gasteiger partial charge is 0.485 e. The van der Waals surface area contributed by atoms with E-state index in [2.05, 4.69) is 0 Å². The Morgan fingerprint density at radius 1 is 0.905 bits per heavy atom. The minimum Gasteiger partial charge on any atom is -0.741 e. The Morgan fingerprint density at radius 2 is 1.36 bits per heavy atom. The molecule has 0 bridgehead atoms. The Labute approximate surface area is 238 Å². The molecule has 1 aromatic heterocycles. The molecule has 16 heteroatoms. The number of aromatic nitrogens is 1. The highest BCUT2D eigenvalue weighted by molar-refractivity contribution is 7.89. The fraction of sp³-hybridized carbons (Fsp3) is 0.231. The molecule has 0 unspecified atom stereocenters. The number of nitro benzene ring substituents is 1. The average Bonchev–Trinajstić information content (AvgIpc) is 2.92. The van der Waals surface area contributed by atoms with E-state index in [0.29, 0.717) is 23.6 Å². The number of fused-ring (bicyclic) bond motifs is 2. The van der Waals surface area contributed by atoms with Gasteiger partial charge in [0.2, 0.25) is 11.0 Å². The van der Waals surface area contributed by atoms with Gasteiger partial charge in [-0.2, -0.15) is 17.7 Å². The van der Waals surface area contributed by atoms with Gasteiger partial charge in [-0.25, -0.2) is 21.1 Å². The molecule has 0 N–H and O–H groups in total. The SMILES string of the molecule is CCCCN(C(=O)c1c2ccccc2[n+](C)c2ccccc12)S(=O)(=O)c1ccccc1[N+](=O)[O-].O=S(=O)([O-])C(F)(F)F. The summed E-state index contributed by atoms with van der Waals surface area (Å²) in [5.41, 5.74) is -4.42. The molecule has 0 fully saturated rings. The van der Waals surface area contributed by atoms with Crippen LogP contribution < -0.4 is 4.57 Å². The van der Waals surface area contributed by atoms with Crippen LogP contribution >= 0.6 is 0 Å². The molecular weight excluding hydrogens is 603 g/mol. The fourth-order valence-corrected chi connectivity index (χ4v) is 5.74. The third kappa shape index (κ3) is 6.50. The molecule has 0 aliphatic rings. The third-order valence-electron chi connectivity index (χ3n) is 6.14. The Bertz CT molecular complexity index is 1820. The number of para-hydroxylation sites is 3. The quantitative estimate of drug-likeness (QED) is 0.0728. The molecule has 0 atom stereocenters. The van der Waals surface area contributed by atoms with Crippen molar-refractivity contribution in [2.75, 3.05) is 6.54 Å². The van der Waals surface area contributed by atoms with E-state index in [1.807, 2.05) is 42.8 Å². The Hall–Kier alpha value is -4.15. The highest BCUT2D eigenvalue weighted by Crippen LogP contribution is 2.31. The van der Waals surface area contributed by atoms with Gasteiger partial charge in [-0.3, -0.25) is 14.9 Å². The third-order valence-corrected chi connectivity index (χ3v) is 8.53. The molecule has 3 aromatic carbocycles. The number of nitrogens with zero attached hydrogens (tertiary/aromatic N) is 3. The summed E-state index contributed by atoms with van der Waals surface area (Å²) >= 11 is 0. The molecule has 4 aromatic rings. The number of unbranched alkanes of at least 4 members (excludes halogenated alkanes) is 1. The van der Waals surface area contributed by atoms with Crippen LogP contribution in [0.25, 0.3) is 21.8 Å². The summed E-state index contributed by atoms with van der Waals surface area (Å²) in [4.78, 5) is 24.4. The van der Waals surface area contributed by atoms with Crippen molar-refractivity contribution in [1.29, 1.82) is 0 Å². The molecule has 42 heavy (non-hydrogen) atoms. The molecule has 11 nitrogen and oxygen atoms in total. The standard InChI is InChI=1S/C25H24N3O5S.CHF3O3S/c1-3-4-17-27(34(32,33)23-16-10-9-15-22(23)28(30)31)25(29)24-18-11-5-7-13-20(18)26(2)21-14-8-6-12-19(21)24;2-1(3,4)8(5,6)7/h5-16H,3-4,17H2,1-2H3;(H,5,6,7)/q+1;/p-1. The molecule has 0 saturated carbocycles. The van der Waals surface area contributed by atoms with Crippen molar-refractivity contribution in [3.63, 3.8) is 0 Å². The van der Waals surface area contributed by atoms with E-state index in [9.17, 15) is 36.5 Å². The number of carbonyl (C=O) groups excluding carboxylic acids is 1. The van der Waals surface area contributed by atoms with Crippen LogP contribution in [0.3, 0.4) is 0 Å². The number of rotatable bonds is 7. The second kappa shape index (κ2) is 12.4. The van der Waals surface area contributed by atoms with Gasteiger partial charge >= 0.3 is 5.51 Å². The lowest BCUT2D eigenvalue weighted by Crippen LogP contribution is -2.39. The van der Waals surface area contributed by atoms with E-state index in [1.54, 1.807) is 24.3 Å². The topological polar surface area (TPSA) is 159 Å². The number of alkyl halides is 3. The number of carbonyl (C=O) groups is 1. The number of amides is 1. The average molecular weight is 628 g/mol. The second-order valence-electron chi connectivity index (χ2n) is 8.83. The summed E-state index contributed by atoms with van der Waals surface area (Å²) in [6.45, 7) is 1.79. The zero-order valence-electron chi connectivity index (χ0n) is 22.1. The lowest BCUT2D eigenvalue weighted by atomic mass is 10.0. The number of sulfonamides is 1. The van der Waals surface area contributed by atoms with Crippen LogP contribution in [0.1, 0.15) is 30.1 Å². The number of pyridine rings is 1. The van der Waals surface area contributed by atoms with Crippen molar-refractivity contribution in [2.24, 2.45) is 7.05 Å². The van der Waals surface area contributed by atoms with Crippen LogP contribution in [0.2, 0.25) is 0 Å². The molecule has 224 valence electrons. The van der Waals surface area contributed by atoms with Gasteiger partial charge in [-0.1, -0.05) is 49.7 Å². The van der Waals surface area contributed by atoms with Crippen molar-refractivity contribution in [2.45, 2.75) is 30.2 Å². The van der Waals surface area contributed by atoms with E-state index >= 15 is 0 Å². The van der Waals surface area contributed by atoms with E-state index in [-0.39, 0.29) is 12.1 Å². The van der Waals surface area contributed by atoms with Crippen molar-refractivity contribution in [3.8, 4) is 0 Å². The first-order valence-corrected chi connectivity index (χ1v) is 15.0. The van der Waals surface area contributed by atoms with E-state index < -0.39 is 47.1 Å². The maximum atomic E-state index is 14.1. The number of aryl methyl sites for hydroxylation is 1. The second-order valence-corrected chi connectivity index (χ2v) is 12.0. The van der Waals surface area contributed by atoms with Crippen LogP contribution in [0, 0.1) is 10.1 Å². The van der Waals surface area contributed by atoms with Gasteiger partial charge in [-0.05, 0) is 24.6 Å². The Kier molecular flexibility index (Phi) is 9.54. The lowest BCUT2D eigenvalue weighted by Gasteiger charge is -2.23. The summed E-state index contributed by atoms with van der Waals surface area (Å²) in [6, 6.07) is 19.7. The minimum absolute atomic E-state index is 0.0899. The normalized spacial score (nSPS) is 12.0.